The summed E-state index contributed by atoms with van der Waals surface area (Å²) in [5.41, 5.74) is 5.58. The zero-order chi connectivity index (χ0) is 14.4. The highest BCUT2D eigenvalue weighted by atomic mass is 16.3. The summed E-state index contributed by atoms with van der Waals surface area (Å²) >= 11 is 0. The van der Waals surface area contributed by atoms with E-state index in [1.54, 1.807) is 0 Å². The smallest absolute Gasteiger partial charge is 0.278 e. The highest BCUT2D eigenvalue weighted by Crippen LogP contribution is 2.34. The summed E-state index contributed by atoms with van der Waals surface area (Å²) in [6, 6.07) is -1.23. The number of anilines is 1. The number of rotatable bonds is 2. The highest BCUT2D eigenvalue weighted by Gasteiger charge is 2.46. The average molecular weight is 281 g/mol. The van der Waals surface area contributed by atoms with Gasteiger partial charge in [-0.25, -0.2) is 4.98 Å². The highest BCUT2D eigenvalue weighted by molar-refractivity contribution is 5.80. The second-order valence-electron chi connectivity index (χ2n) is 4.95. The number of aliphatic imine (C=N–C) groups is 1. The lowest BCUT2D eigenvalue weighted by Gasteiger charge is -2.20. The first-order valence-corrected chi connectivity index (χ1v) is 6.20. The van der Waals surface area contributed by atoms with Gasteiger partial charge in [-0.1, -0.05) is 0 Å². The van der Waals surface area contributed by atoms with E-state index in [0.717, 1.165) is 0 Å². The second-order valence-corrected chi connectivity index (χ2v) is 4.95. The fourth-order valence-corrected chi connectivity index (χ4v) is 2.72. The fraction of sp³-hybridized carbons (Fsp3) is 0.545. The van der Waals surface area contributed by atoms with E-state index in [1.165, 1.54) is 6.21 Å². The Hall–Kier alpha value is -1.81. The molecule has 2 aliphatic heterocycles. The first-order valence-electron chi connectivity index (χ1n) is 6.20. The van der Waals surface area contributed by atoms with Crippen molar-refractivity contribution in [1.82, 2.24) is 15.3 Å². The lowest BCUT2D eigenvalue weighted by molar-refractivity contribution is 0.0189. The van der Waals surface area contributed by atoms with Gasteiger partial charge >= 0.3 is 0 Å². The van der Waals surface area contributed by atoms with Gasteiger partial charge < -0.3 is 26.4 Å². The molecule has 9 nitrogen and oxygen atoms in total. The van der Waals surface area contributed by atoms with Crippen LogP contribution in [-0.4, -0.2) is 62.4 Å². The van der Waals surface area contributed by atoms with Gasteiger partial charge in [0.25, 0.3) is 5.56 Å². The van der Waals surface area contributed by atoms with Crippen LogP contribution in [0.15, 0.2) is 9.79 Å². The van der Waals surface area contributed by atoms with Crippen LogP contribution in [0.1, 0.15) is 11.6 Å². The van der Waals surface area contributed by atoms with Crippen LogP contribution in [0.4, 0.5) is 11.6 Å². The number of H-pyrrole nitrogens is 1. The van der Waals surface area contributed by atoms with Crippen molar-refractivity contribution < 1.29 is 15.3 Å². The molecule has 0 bridgehead atoms. The van der Waals surface area contributed by atoms with Crippen LogP contribution in [0.25, 0.3) is 0 Å². The molecule has 1 unspecified atom stereocenters. The maximum atomic E-state index is 11.7. The molecule has 20 heavy (non-hydrogen) atoms. The first-order chi connectivity index (χ1) is 9.52. The number of aromatic amines is 1. The topological polar surface area (TPSA) is 157 Å². The van der Waals surface area contributed by atoms with Gasteiger partial charge in [0, 0.05) is 12.3 Å². The van der Waals surface area contributed by atoms with Gasteiger partial charge in [0.1, 0.15) is 0 Å². The van der Waals surface area contributed by atoms with Crippen molar-refractivity contribution in [3.63, 3.8) is 0 Å². The summed E-state index contributed by atoms with van der Waals surface area (Å²) < 4.78 is 0. The molecule has 9 heteroatoms. The van der Waals surface area contributed by atoms with Crippen LogP contribution < -0.4 is 16.6 Å². The Bertz CT molecular complexity index is 615. The van der Waals surface area contributed by atoms with Crippen LogP contribution in [0.3, 0.4) is 0 Å². The predicted octanol–water partition coefficient (Wildman–Crippen LogP) is -2.79. The van der Waals surface area contributed by atoms with Gasteiger partial charge in [-0.2, -0.15) is 0 Å². The largest absolute Gasteiger partial charge is 0.395 e. The Balaban J connectivity index is 1.96. The molecule has 1 saturated heterocycles. The molecule has 2 aliphatic rings. The minimum absolute atomic E-state index is 0.0315. The molecule has 108 valence electrons. The van der Waals surface area contributed by atoms with Crippen molar-refractivity contribution in [2.75, 3.05) is 12.3 Å². The lowest BCUT2D eigenvalue weighted by atomic mass is 9.94. The van der Waals surface area contributed by atoms with Gasteiger partial charge in [-0.15, -0.1) is 0 Å². The Morgan fingerprint density at radius 2 is 2.10 bits per heavy atom. The third-order valence-corrected chi connectivity index (χ3v) is 3.74. The zero-order valence-corrected chi connectivity index (χ0v) is 10.4. The van der Waals surface area contributed by atoms with Crippen molar-refractivity contribution in [3.8, 4) is 0 Å². The van der Waals surface area contributed by atoms with Crippen molar-refractivity contribution in [3.05, 3.63) is 16.0 Å². The summed E-state index contributed by atoms with van der Waals surface area (Å²) in [4.78, 5) is 22.1. The molecule has 0 saturated carbocycles. The molecule has 0 aliphatic carbocycles. The molecule has 0 amide bonds. The van der Waals surface area contributed by atoms with Crippen LogP contribution >= 0.6 is 0 Å². The fourth-order valence-electron chi connectivity index (χ4n) is 2.72. The van der Waals surface area contributed by atoms with E-state index in [2.05, 4.69) is 20.3 Å². The van der Waals surface area contributed by atoms with Gasteiger partial charge in [0.2, 0.25) is 5.95 Å². The number of aliphatic hydroxyl groups is 3. The summed E-state index contributed by atoms with van der Waals surface area (Å²) in [6.07, 6.45) is -0.710. The van der Waals surface area contributed by atoms with Crippen LogP contribution in [-0.2, 0) is 0 Å². The molecule has 0 aromatic carbocycles. The number of hydrogen-bond donors (Lipinski definition) is 6. The third kappa shape index (κ3) is 1.83. The standard InChI is InChI=1S/C11H15N5O4/c12-11-15-5-3(1-13-7(5)10(20)16-11)6-9(19)8(18)4(2-17)14-6/h1,3-4,6,8-9,14,17-19H,2H2,(H3,12,15,16,20)/t3?,4-,6+,8-,9+/m0/s1. The molecule has 1 fully saturated rings. The van der Waals surface area contributed by atoms with E-state index in [-0.39, 0.29) is 18.2 Å². The number of fused-ring (bicyclic) bond motifs is 1. The molecule has 5 atom stereocenters. The number of nitrogen functional groups attached to an aromatic ring is 1. The van der Waals surface area contributed by atoms with Crippen molar-refractivity contribution in [1.29, 1.82) is 0 Å². The molecule has 7 N–H and O–H groups in total. The number of nitrogens with one attached hydrogen (secondary N) is 2. The van der Waals surface area contributed by atoms with Crippen LogP contribution in [0, 0.1) is 0 Å². The Kier molecular flexibility index (Phi) is 3.05. The molecule has 3 heterocycles. The average Bonchev–Trinajstić information content (AvgIpc) is 2.93. The molecular weight excluding hydrogens is 266 g/mol. The predicted molar refractivity (Wildman–Crippen MR) is 70.0 cm³/mol. The van der Waals surface area contributed by atoms with E-state index in [9.17, 15) is 15.0 Å². The van der Waals surface area contributed by atoms with Crippen molar-refractivity contribution in [2.24, 2.45) is 4.99 Å². The first kappa shape index (κ1) is 13.2. The molecule has 3 rings (SSSR count). The summed E-state index contributed by atoms with van der Waals surface area (Å²) in [5, 5.41) is 31.9. The Morgan fingerprint density at radius 3 is 2.75 bits per heavy atom. The van der Waals surface area contributed by atoms with Gasteiger partial charge in [0.05, 0.1) is 36.5 Å². The maximum Gasteiger partial charge on any atom is 0.278 e. The SMILES string of the molecule is Nc1nc2c(c(=O)[nH]1)N=CC2[C@H]1N[C@@H](CO)[C@H](O)[C@@H]1O. The Morgan fingerprint density at radius 1 is 1.35 bits per heavy atom. The van der Waals surface area contributed by atoms with E-state index in [0.29, 0.717) is 5.69 Å². The van der Waals surface area contributed by atoms with Crippen molar-refractivity contribution in [2.45, 2.75) is 30.2 Å². The van der Waals surface area contributed by atoms with E-state index >= 15 is 0 Å². The number of nitrogens with zero attached hydrogens (tertiary/aromatic N) is 2. The third-order valence-electron chi connectivity index (χ3n) is 3.74. The summed E-state index contributed by atoms with van der Waals surface area (Å²) in [5.74, 6) is -0.521. The zero-order valence-electron chi connectivity index (χ0n) is 10.4. The summed E-state index contributed by atoms with van der Waals surface area (Å²) in [6.45, 7) is -0.309. The van der Waals surface area contributed by atoms with E-state index in [4.69, 9.17) is 10.8 Å². The quantitative estimate of drug-likeness (QED) is 0.342. The molecule has 1 aromatic rings. The Labute approximate surface area is 113 Å². The second kappa shape index (κ2) is 4.63. The van der Waals surface area contributed by atoms with Gasteiger partial charge in [-0.3, -0.25) is 14.8 Å². The number of aliphatic hydroxyl groups excluding tert-OH is 3. The van der Waals surface area contributed by atoms with Crippen LogP contribution in [0.5, 0.6) is 0 Å². The minimum atomic E-state index is -1.10. The monoisotopic (exact) mass is 281 g/mol. The lowest BCUT2D eigenvalue weighted by Crippen LogP contribution is -2.40. The van der Waals surface area contributed by atoms with E-state index < -0.39 is 35.8 Å². The maximum absolute atomic E-state index is 11.7. The molecule has 0 radical (unpaired) electrons. The number of hydrogen-bond acceptors (Lipinski definition) is 8. The van der Waals surface area contributed by atoms with Gasteiger partial charge in [-0.05, 0) is 0 Å². The number of nitrogens with two attached hydrogens (primary N) is 1. The molecule has 1 aromatic heterocycles. The van der Waals surface area contributed by atoms with Gasteiger partial charge in [0.15, 0.2) is 5.69 Å². The van der Waals surface area contributed by atoms with Crippen molar-refractivity contribution >= 4 is 17.9 Å². The molecular formula is C11H15N5O4. The molecule has 0 spiro atoms. The minimum Gasteiger partial charge on any atom is -0.395 e. The normalized spacial score (nSPS) is 35.5. The summed E-state index contributed by atoms with van der Waals surface area (Å²) in [7, 11) is 0. The number of aromatic nitrogens is 2. The van der Waals surface area contributed by atoms with Crippen LogP contribution in [0.2, 0.25) is 0 Å². The van der Waals surface area contributed by atoms with E-state index in [1.807, 2.05) is 0 Å².